The van der Waals surface area contributed by atoms with E-state index in [2.05, 4.69) is 29.1 Å². The number of aromatic amines is 1. The third kappa shape index (κ3) is 3.71. The average molecular weight is 339 g/mol. The van der Waals surface area contributed by atoms with E-state index >= 15 is 0 Å². The summed E-state index contributed by atoms with van der Waals surface area (Å²) in [4.78, 5) is 32.3. The van der Waals surface area contributed by atoms with E-state index in [1.807, 2.05) is 32.0 Å². The molecule has 0 unspecified atom stereocenters. The lowest BCUT2D eigenvalue weighted by Gasteiger charge is -2.17. The first kappa shape index (κ1) is 18.6. The minimum absolute atomic E-state index is 0.254. The van der Waals surface area contributed by atoms with Crippen LogP contribution < -0.4 is 10.9 Å². The number of aromatic nitrogens is 1. The Hall–Kier alpha value is -2.69. The Morgan fingerprint density at radius 2 is 1.84 bits per heavy atom. The molecule has 5 heteroatoms. The van der Waals surface area contributed by atoms with Crippen LogP contribution in [0.3, 0.4) is 0 Å². The predicted octanol–water partition coefficient (Wildman–Crippen LogP) is 3.59. The number of fused-ring (bicyclic) bond motifs is 1. The molecule has 0 bridgehead atoms. The minimum atomic E-state index is -0.294. The number of benzene rings is 1. The summed E-state index contributed by atoms with van der Waals surface area (Å²) in [6.07, 6.45) is 0. The Bertz CT molecular complexity index is 934. The molecular weight excluding hydrogens is 314 g/mol. The van der Waals surface area contributed by atoms with Crippen LogP contribution in [0.15, 0.2) is 45.3 Å². The number of allylic oxidation sites excluding steroid dienone is 2. The molecule has 0 saturated heterocycles. The van der Waals surface area contributed by atoms with Gasteiger partial charge in [-0.05, 0) is 38.3 Å². The van der Waals surface area contributed by atoms with Crippen molar-refractivity contribution in [3.8, 4) is 0 Å². The number of carbonyl (C=O) groups is 1. The number of hydrogen-bond acceptors (Lipinski definition) is 3. The Labute approximate surface area is 147 Å². The molecule has 1 heterocycles. The number of pyridine rings is 1. The molecule has 2 aromatic rings. The molecular formula is C20H25N3O2. The Morgan fingerprint density at radius 1 is 1.20 bits per heavy atom. The van der Waals surface area contributed by atoms with Crippen LogP contribution in [-0.4, -0.2) is 23.7 Å². The van der Waals surface area contributed by atoms with Crippen molar-refractivity contribution in [1.82, 2.24) is 10.3 Å². The summed E-state index contributed by atoms with van der Waals surface area (Å²) in [6, 6.07) is 7.32. The van der Waals surface area contributed by atoms with E-state index in [0.29, 0.717) is 22.3 Å². The monoisotopic (exact) mass is 339 g/mol. The molecule has 0 aliphatic carbocycles. The lowest BCUT2D eigenvalue weighted by atomic mass is 9.99. The van der Waals surface area contributed by atoms with E-state index in [1.54, 1.807) is 20.0 Å². The summed E-state index contributed by atoms with van der Waals surface area (Å²) >= 11 is 0. The highest BCUT2D eigenvalue weighted by molar-refractivity contribution is 6.11. The number of H-pyrrole nitrogens is 1. The van der Waals surface area contributed by atoms with Gasteiger partial charge in [0.2, 0.25) is 0 Å². The van der Waals surface area contributed by atoms with Gasteiger partial charge in [0.25, 0.3) is 11.5 Å². The highest BCUT2D eigenvalue weighted by atomic mass is 16.2. The number of rotatable bonds is 4. The predicted molar refractivity (Wildman–Crippen MR) is 103 cm³/mol. The van der Waals surface area contributed by atoms with Crippen LogP contribution in [-0.2, 0) is 0 Å². The van der Waals surface area contributed by atoms with Gasteiger partial charge in [-0.25, -0.2) is 0 Å². The number of nitrogens with zero attached hydrogens (tertiary/aromatic N) is 1. The molecule has 2 rings (SSSR count). The van der Waals surface area contributed by atoms with Gasteiger partial charge in [0.15, 0.2) is 0 Å². The Kier molecular flexibility index (Phi) is 5.57. The molecule has 1 amide bonds. The topological polar surface area (TPSA) is 74.3 Å². The smallest absolute Gasteiger partial charge is 0.256 e. The number of para-hydroxylation sites is 1. The molecule has 1 aromatic heterocycles. The quantitative estimate of drug-likeness (QED) is 0.835. The molecule has 0 fully saturated rings. The van der Waals surface area contributed by atoms with Gasteiger partial charge < -0.3 is 10.3 Å². The van der Waals surface area contributed by atoms with Crippen molar-refractivity contribution in [1.29, 1.82) is 0 Å². The van der Waals surface area contributed by atoms with E-state index in [9.17, 15) is 9.59 Å². The number of aliphatic imine (C=N–C) groups is 1. The van der Waals surface area contributed by atoms with Crippen LogP contribution in [0, 0.1) is 12.8 Å². The number of hydrogen-bond donors (Lipinski definition) is 2. The summed E-state index contributed by atoms with van der Waals surface area (Å²) in [7, 11) is 1.70. The average Bonchev–Trinajstić information content (AvgIpc) is 2.59. The SMILES string of the molecule is CN=C(C)/C(NC(=O)c1c(C)c(=O)[nH]c2ccccc12)=C(/C)C(C)C. The van der Waals surface area contributed by atoms with Crippen LogP contribution in [0.5, 0.6) is 0 Å². The third-order valence-corrected chi connectivity index (χ3v) is 4.58. The zero-order chi connectivity index (χ0) is 18.7. The van der Waals surface area contributed by atoms with Crippen LogP contribution in [0.1, 0.15) is 43.6 Å². The highest BCUT2D eigenvalue weighted by Gasteiger charge is 2.19. The normalized spacial score (nSPS) is 13.2. The summed E-state index contributed by atoms with van der Waals surface area (Å²) in [5.74, 6) is -0.0261. The van der Waals surface area contributed by atoms with E-state index in [4.69, 9.17) is 0 Å². The van der Waals surface area contributed by atoms with Gasteiger partial charge in [-0.3, -0.25) is 14.6 Å². The maximum atomic E-state index is 13.0. The molecule has 0 saturated carbocycles. The first-order valence-electron chi connectivity index (χ1n) is 8.35. The number of amides is 1. The zero-order valence-corrected chi connectivity index (χ0v) is 15.7. The fourth-order valence-corrected chi connectivity index (χ4v) is 2.69. The van der Waals surface area contributed by atoms with Crippen molar-refractivity contribution >= 4 is 22.5 Å². The fourth-order valence-electron chi connectivity index (χ4n) is 2.69. The minimum Gasteiger partial charge on any atom is -0.322 e. The molecule has 0 aliphatic heterocycles. The van der Waals surface area contributed by atoms with Gasteiger partial charge in [0, 0.05) is 23.5 Å². The Morgan fingerprint density at radius 3 is 2.44 bits per heavy atom. The molecule has 0 radical (unpaired) electrons. The molecule has 0 atom stereocenters. The highest BCUT2D eigenvalue weighted by Crippen LogP contribution is 2.19. The third-order valence-electron chi connectivity index (χ3n) is 4.58. The second-order valence-electron chi connectivity index (χ2n) is 6.48. The van der Waals surface area contributed by atoms with Crippen LogP contribution >= 0.6 is 0 Å². The summed E-state index contributed by atoms with van der Waals surface area (Å²) in [5.41, 5.74) is 3.72. The molecule has 5 nitrogen and oxygen atoms in total. The number of nitrogens with one attached hydrogen (secondary N) is 2. The molecule has 2 N–H and O–H groups in total. The van der Waals surface area contributed by atoms with Crippen molar-refractivity contribution < 1.29 is 4.79 Å². The van der Waals surface area contributed by atoms with E-state index in [0.717, 1.165) is 16.7 Å². The molecule has 132 valence electrons. The first-order chi connectivity index (χ1) is 11.8. The van der Waals surface area contributed by atoms with Crippen LogP contribution in [0.2, 0.25) is 0 Å². The van der Waals surface area contributed by atoms with E-state index in [-0.39, 0.29) is 17.4 Å². The largest absolute Gasteiger partial charge is 0.322 e. The molecule has 0 spiro atoms. The standard InChI is InChI=1S/C20H25N3O2/c1-11(2)12(3)18(14(5)21-6)23-20(25)17-13(4)19(24)22-16-10-8-7-9-15(16)17/h7-11H,1-6H3,(H,22,24)(H,23,25)/b18-12+,21-14?. The maximum absolute atomic E-state index is 13.0. The first-order valence-corrected chi connectivity index (χ1v) is 8.35. The van der Waals surface area contributed by atoms with Gasteiger partial charge in [0.05, 0.1) is 17.0 Å². The van der Waals surface area contributed by atoms with Crippen molar-refractivity contribution in [2.24, 2.45) is 10.9 Å². The molecule has 25 heavy (non-hydrogen) atoms. The molecule has 1 aromatic carbocycles. The molecule has 0 aliphatic rings. The van der Waals surface area contributed by atoms with E-state index in [1.165, 1.54) is 0 Å². The van der Waals surface area contributed by atoms with Gasteiger partial charge in [-0.2, -0.15) is 0 Å². The van der Waals surface area contributed by atoms with E-state index < -0.39 is 0 Å². The lowest BCUT2D eigenvalue weighted by molar-refractivity contribution is 0.0968. The summed E-state index contributed by atoms with van der Waals surface area (Å²) in [5, 5.41) is 3.71. The van der Waals surface area contributed by atoms with Gasteiger partial charge in [-0.1, -0.05) is 32.0 Å². The maximum Gasteiger partial charge on any atom is 0.256 e. The Balaban J connectivity index is 2.62. The second-order valence-corrected chi connectivity index (χ2v) is 6.48. The summed E-state index contributed by atoms with van der Waals surface area (Å²) < 4.78 is 0. The second kappa shape index (κ2) is 7.47. The van der Waals surface area contributed by atoms with Crippen molar-refractivity contribution in [2.45, 2.75) is 34.6 Å². The summed E-state index contributed by atoms with van der Waals surface area (Å²) in [6.45, 7) is 9.65. The van der Waals surface area contributed by atoms with Crippen LogP contribution in [0.4, 0.5) is 0 Å². The lowest BCUT2D eigenvalue weighted by Crippen LogP contribution is -2.31. The van der Waals surface area contributed by atoms with Gasteiger partial charge >= 0.3 is 0 Å². The van der Waals surface area contributed by atoms with Crippen molar-refractivity contribution in [3.63, 3.8) is 0 Å². The van der Waals surface area contributed by atoms with Crippen LogP contribution in [0.25, 0.3) is 10.9 Å². The number of carbonyl (C=O) groups excluding carboxylic acids is 1. The zero-order valence-electron chi connectivity index (χ0n) is 15.7. The van der Waals surface area contributed by atoms with Gasteiger partial charge in [0.1, 0.15) is 0 Å². The van der Waals surface area contributed by atoms with Crippen molar-refractivity contribution in [2.75, 3.05) is 7.05 Å². The van der Waals surface area contributed by atoms with Gasteiger partial charge in [-0.15, -0.1) is 0 Å². The fraction of sp³-hybridized carbons (Fsp3) is 0.350. The van der Waals surface area contributed by atoms with Crippen molar-refractivity contribution in [3.05, 3.63) is 57.0 Å².